The molecule has 1 amide bonds. The van der Waals surface area contributed by atoms with Gasteiger partial charge < -0.3 is 9.64 Å². The minimum atomic E-state index is 0.144. The van der Waals surface area contributed by atoms with Crippen LogP contribution in [0.15, 0.2) is 11.4 Å². The quantitative estimate of drug-likeness (QED) is 0.711. The van der Waals surface area contributed by atoms with E-state index in [1.807, 2.05) is 16.3 Å². The van der Waals surface area contributed by atoms with E-state index in [9.17, 15) is 4.79 Å². The van der Waals surface area contributed by atoms with Gasteiger partial charge in [0, 0.05) is 25.1 Å². The van der Waals surface area contributed by atoms with Crippen molar-refractivity contribution in [3.63, 3.8) is 0 Å². The normalized spacial score (nSPS) is 16.6. The van der Waals surface area contributed by atoms with E-state index in [1.54, 1.807) is 18.4 Å². The lowest BCUT2D eigenvalue weighted by Crippen LogP contribution is -2.41. The molecule has 1 unspecified atom stereocenters. The van der Waals surface area contributed by atoms with E-state index >= 15 is 0 Å². The maximum atomic E-state index is 12.5. The van der Waals surface area contributed by atoms with Gasteiger partial charge in [0.15, 0.2) is 0 Å². The molecule has 1 heterocycles. The fourth-order valence-electron chi connectivity index (χ4n) is 2.10. The van der Waals surface area contributed by atoms with Crippen molar-refractivity contribution in [2.75, 3.05) is 20.3 Å². The Morgan fingerprint density at radius 3 is 2.89 bits per heavy atom. The maximum Gasteiger partial charge on any atom is 0.255 e. The molecular weight excluding hydrogens is 361 g/mol. The van der Waals surface area contributed by atoms with Crippen molar-refractivity contribution in [3.05, 3.63) is 19.9 Å². The highest BCUT2D eigenvalue weighted by Gasteiger charge is 2.34. The Hall–Kier alpha value is -0.140. The number of thiophene rings is 1. The Morgan fingerprint density at radius 1 is 1.67 bits per heavy atom. The summed E-state index contributed by atoms with van der Waals surface area (Å²) < 4.78 is 6.28. The summed E-state index contributed by atoms with van der Waals surface area (Å²) >= 11 is 3.87. The molecule has 1 aromatic heterocycles. The van der Waals surface area contributed by atoms with Crippen LogP contribution < -0.4 is 0 Å². The van der Waals surface area contributed by atoms with Crippen molar-refractivity contribution in [2.45, 2.75) is 25.8 Å². The van der Waals surface area contributed by atoms with Gasteiger partial charge in [-0.1, -0.05) is 0 Å². The van der Waals surface area contributed by atoms with Crippen LogP contribution >= 0.6 is 33.9 Å². The van der Waals surface area contributed by atoms with Gasteiger partial charge in [-0.3, -0.25) is 4.79 Å². The lowest BCUT2D eigenvalue weighted by Gasteiger charge is -2.29. The van der Waals surface area contributed by atoms with Gasteiger partial charge in [0.25, 0.3) is 5.91 Å². The summed E-state index contributed by atoms with van der Waals surface area (Å²) in [6, 6.07) is 2.29. The summed E-state index contributed by atoms with van der Waals surface area (Å²) in [7, 11) is 1.68. The molecule has 1 aliphatic carbocycles. The number of rotatable bonds is 6. The molecule has 5 heteroatoms. The van der Waals surface area contributed by atoms with Crippen LogP contribution in [0.3, 0.4) is 0 Å². The van der Waals surface area contributed by atoms with Crippen molar-refractivity contribution in [2.24, 2.45) is 5.92 Å². The fraction of sp³-hybridized carbons (Fsp3) is 0.615. The summed E-state index contributed by atoms with van der Waals surface area (Å²) in [5, 5.41) is 1.95. The minimum absolute atomic E-state index is 0.144. The first-order valence-electron chi connectivity index (χ1n) is 6.17. The van der Waals surface area contributed by atoms with Crippen LogP contribution in [0.1, 0.15) is 30.1 Å². The van der Waals surface area contributed by atoms with Crippen LogP contribution in [-0.2, 0) is 4.74 Å². The monoisotopic (exact) mass is 379 g/mol. The Labute approximate surface area is 126 Å². The second-order valence-corrected chi connectivity index (χ2v) is 7.51. The number of hydrogen-bond acceptors (Lipinski definition) is 3. The fourth-order valence-corrected chi connectivity index (χ4v) is 3.42. The van der Waals surface area contributed by atoms with Gasteiger partial charge in [-0.15, -0.1) is 11.3 Å². The third-order valence-corrected chi connectivity index (χ3v) is 5.20. The molecule has 1 fully saturated rings. The standard InChI is InChI=1S/C13H18INO2S/c1-9(10-3-4-10)15(5-6-17-2)13(16)11-7-12(14)18-8-11/h7-10H,3-6H2,1-2H3. The SMILES string of the molecule is COCCN(C(=O)c1csc(I)c1)C(C)C1CC1. The lowest BCUT2D eigenvalue weighted by molar-refractivity contribution is 0.0595. The molecule has 1 aromatic rings. The summed E-state index contributed by atoms with van der Waals surface area (Å²) in [5.41, 5.74) is 0.813. The van der Waals surface area contributed by atoms with Gasteiger partial charge >= 0.3 is 0 Å². The van der Waals surface area contributed by atoms with Crippen LogP contribution in [0.4, 0.5) is 0 Å². The van der Waals surface area contributed by atoms with Gasteiger partial charge in [0.1, 0.15) is 0 Å². The van der Waals surface area contributed by atoms with E-state index < -0.39 is 0 Å². The third-order valence-electron chi connectivity index (χ3n) is 3.41. The summed E-state index contributed by atoms with van der Waals surface area (Å²) in [6.07, 6.45) is 2.50. The van der Waals surface area contributed by atoms with Gasteiger partial charge in [-0.2, -0.15) is 0 Å². The lowest BCUT2D eigenvalue weighted by atomic mass is 10.1. The smallest absolute Gasteiger partial charge is 0.255 e. The van der Waals surface area contributed by atoms with Crippen molar-refractivity contribution in [1.82, 2.24) is 4.90 Å². The second-order valence-electron chi connectivity index (χ2n) is 4.71. The van der Waals surface area contributed by atoms with Crippen molar-refractivity contribution < 1.29 is 9.53 Å². The number of hydrogen-bond donors (Lipinski definition) is 0. The van der Waals surface area contributed by atoms with Crippen LogP contribution in [0.2, 0.25) is 0 Å². The molecular formula is C13H18INO2S. The average molecular weight is 379 g/mol. The molecule has 18 heavy (non-hydrogen) atoms. The highest BCUT2D eigenvalue weighted by Crippen LogP contribution is 2.35. The molecule has 0 radical (unpaired) electrons. The molecule has 0 bridgehead atoms. The zero-order valence-corrected chi connectivity index (χ0v) is 13.7. The second kappa shape index (κ2) is 6.34. The number of carbonyl (C=O) groups is 1. The van der Waals surface area contributed by atoms with E-state index in [0.29, 0.717) is 25.1 Å². The molecule has 0 saturated heterocycles. The number of amides is 1. The highest BCUT2D eigenvalue weighted by molar-refractivity contribution is 14.1. The zero-order chi connectivity index (χ0) is 13.1. The Bertz CT molecular complexity index is 417. The van der Waals surface area contributed by atoms with E-state index in [-0.39, 0.29) is 5.91 Å². The first-order valence-corrected chi connectivity index (χ1v) is 8.13. The van der Waals surface area contributed by atoms with E-state index in [4.69, 9.17) is 4.74 Å². The molecule has 0 aromatic carbocycles. The predicted octanol–water partition coefficient (Wildman–Crippen LogP) is 3.24. The van der Waals surface area contributed by atoms with Crippen LogP contribution in [0.5, 0.6) is 0 Å². The molecule has 0 aliphatic heterocycles. The largest absolute Gasteiger partial charge is 0.383 e. The van der Waals surface area contributed by atoms with Crippen molar-refractivity contribution in [1.29, 1.82) is 0 Å². The molecule has 3 nitrogen and oxygen atoms in total. The summed E-state index contributed by atoms with van der Waals surface area (Å²) in [6.45, 7) is 3.44. The first kappa shape index (κ1) is 14.3. The molecule has 0 spiro atoms. The highest BCUT2D eigenvalue weighted by atomic mass is 127. The van der Waals surface area contributed by atoms with Crippen LogP contribution in [0.25, 0.3) is 0 Å². The third kappa shape index (κ3) is 3.45. The van der Waals surface area contributed by atoms with E-state index in [0.717, 1.165) is 8.45 Å². The van der Waals surface area contributed by atoms with E-state index in [2.05, 4.69) is 29.5 Å². The molecule has 2 rings (SSSR count). The number of nitrogens with zero attached hydrogens (tertiary/aromatic N) is 1. The molecule has 100 valence electrons. The van der Waals surface area contributed by atoms with Crippen LogP contribution in [0, 0.1) is 8.80 Å². The number of ether oxygens (including phenoxy) is 1. The van der Waals surface area contributed by atoms with E-state index in [1.165, 1.54) is 12.8 Å². The van der Waals surface area contributed by atoms with Crippen molar-refractivity contribution in [3.8, 4) is 0 Å². The van der Waals surface area contributed by atoms with Gasteiger partial charge in [0.2, 0.25) is 0 Å². The molecule has 1 atom stereocenters. The maximum absolute atomic E-state index is 12.5. The number of methoxy groups -OCH3 is 1. The Balaban J connectivity index is 2.09. The average Bonchev–Trinajstić information content (AvgIpc) is 3.11. The van der Waals surface area contributed by atoms with Gasteiger partial charge in [0.05, 0.1) is 15.1 Å². The topological polar surface area (TPSA) is 29.5 Å². The predicted molar refractivity (Wildman–Crippen MR) is 82.1 cm³/mol. The van der Waals surface area contributed by atoms with Gasteiger partial charge in [-0.25, -0.2) is 0 Å². The number of carbonyl (C=O) groups excluding carboxylic acids is 1. The Morgan fingerprint density at radius 2 is 2.39 bits per heavy atom. The number of halogens is 1. The first-order chi connectivity index (χ1) is 8.63. The minimum Gasteiger partial charge on any atom is -0.383 e. The molecule has 0 N–H and O–H groups in total. The van der Waals surface area contributed by atoms with Crippen LogP contribution in [-0.4, -0.2) is 37.1 Å². The Kier molecular flexibility index (Phi) is 5.03. The van der Waals surface area contributed by atoms with Crippen molar-refractivity contribution >= 4 is 39.8 Å². The summed E-state index contributed by atoms with van der Waals surface area (Å²) in [5.74, 6) is 0.828. The molecule has 1 aliphatic rings. The summed E-state index contributed by atoms with van der Waals surface area (Å²) in [4.78, 5) is 14.5. The van der Waals surface area contributed by atoms with Gasteiger partial charge in [-0.05, 0) is 54.3 Å². The molecule has 1 saturated carbocycles. The zero-order valence-electron chi connectivity index (χ0n) is 10.7.